The van der Waals surface area contributed by atoms with E-state index in [1.807, 2.05) is 11.5 Å². The lowest BCUT2D eigenvalue weighted by Crippen LogP contribution is -2.54. The minimum Gasteiger partial charge on any atom is -0.508 e. The molecule has 7 nitrogen and oxygen atoms in total. The first-order valence-corrected chi connectivity index (χ1v) is 9.24. The smallest absolute Gasteiger partial charge is 0.243 e. The molecule has 0 spiro atoms. The third kappa shape index (κ3) is 6.11. The first-order chi connectivity index (χ1) is 12.3. The Bertz CT molecular complexity index is 682. The van der Waals surface area contributed by atoms with E-state index in [-0.39, 0.29) is 23.3 Å². The summed E-state index contributed by atoms with van der Waals surface area (Å²) in [6.07, 6.45) is 3.53. The first kappa shape index (κ1) is 19.8. The van der Waals surface area contributed by atoms with Crippen LogP contribution < -0.4 is 16.4 Å². The minimum absolute atomic E-state index is 0.113. The van der Waals surface area contributed by atoms with Crippen molar-refractivity contribution in [2.75, 3.05) is 0 Å². The van der Waals surface area contributed by atoms with Crippen LogP contribution in [0.5, 0.6) is 5.75 Å². The standard InChI is InChI=1S/C18H23N3O4S/c1-11(22)20-16(10-14-3-2-8-26-14)18(25)21-15(17(19)24)9-12-4-6-13(23)7-5-12/h2,4-8,14-16,23H,3,9-10H2,1H3,(H2,19,24)(H,20,22)(H,21,25)/t14?,15-,16-/m0/s1. The predicted molar refractivity (Wildman–Crippen MR) is 100 cm³/mol. The molecule has 2 rings (SSSR count). The first-order valence-electron chi connectivity index (χ1n) is 8.30. The van der Waals surface area contributed by atoms with Crippen LogP contribution in [0.1, 0.15) is 25.3 Å². The van der Waals surface area contributed by atoms with Gasteiger partial charge in [0.2, 0.25) is 17.7 Å². The van der Waals surface area contributed by atoms with Gasteiger partial charge in [0.1, 0.15) is 17.8 Å². The van der Waals surface area contributed by atoms with Crippen molar-refractivity contribution in [1.29, 1.82) is 0 Å². The number of aromatic hydroxyl groups is 1. The Hall–Kier alpha value is -2.48. The summed E-state index contributed by atoms with van der Waals surface area (Å²) in [6.45, 7) is 1.35. The fourth-order valence-electron chi connectivity index (χ4n) is 2.68. The van der Waals surface area contributed by atoms with Crippen LogP contribution in [0.25, 0.3) is 0 Å². The maximum absolute atomic E-state index is 12.6. The van der Waals surface area contributed by atoms with Crippen LogP contribution >= 0.6 is 11.8 Å². The summed E-state index contributed by atoms with van der Waals surface area (Å²) in [7, 11) is 0. The molecule has 1 heterocycles. The topological polar surface area (TPSA) is 122 Å². The van der Waals surface area contributed by atoms with Crippen molar-refractivity contribution in [2.24, 2.45) is 5.73 Å². The van der Waals surface area contributed by atoms with E-state index in [2.05, 4.69) is 10.6 Å². The van der Waals surface area contributed by atoms with Gasteiger partial charge in [-0.25, -0.2) is 0 Å². The molecule has 26 heavy (non-hydrogen) atoms. The van der Waals surface area contributed by atoms with Crippen LogP contribution in [-0.2, 0) is 20.8 Å². The van der Waals surface area contributed by atoms with E-state index < -0.39 is 23.9 Å². The normalized spacial score (nSPS) is 18.1. The number of phenols is 1. The second kappa shape index (κ2) is 9.28. The van der Waals surface area contributed by atoms with Gasteiger partial charge >= 0.3 is 0 Å². The highest BCUT2D eigenvalue weighted by Gasteiger charge is 2.28. The molecule has 1 aromatic carbocycles. The van der Waals surface area contributed by atoms with Gasteiger partial charge in [0, 0.05) is 18.6 Å². The zero-order valence-corrected chi connectivity index (χ0v) is 15.3. The van der Waals surface area contributed by atoms with Crippen LogP contribution in [0.15, 0.2) is 35.7 Å². The van der Waals surface area contributed by atoms with Crippen LogP contribution in [0.3, 0.4) is 0 Å². The largest absolute Gasteiger partial charge is 0.508 e. The molecule has 0 radical (unpaired) electrons. The van der Waals surface area contributed by atoms with E-state index in [9.17, 15) is 19.5 Å². The number of carbonyl (C=O) groups excluding carboxylic acids is 3. The molecule has 140 valence electrons. The Morgan fingerprint density at radius 2 is 1.92 bits per heavy atom. The van der Waals surface area contributed by atoms with Gasteiger partial charge < -0.3 is 21.5 Å². The van der Waals surface area contributed by atoms with Gasteiger partial charge in [-0.3, -0.25) is 14.4 Å². The quantitative estimate of drug-likeness (QED) is 0.534. The summed E-state index contributed by atoms with van der Waals surface area (Å²) >= 11 is 1.62. The second-order valence-corrected chi connectivity index (χ2v) is 7.40. The Morgan fingerprint density at radius 1 is 1.23 bits per heavy atom. The molecular formula is C18H23N3O4S. The van der Waals surface area contributed by atoms with Crippen LogP contribution in [0.2, 0.25) is 0 Å². The number of phenolic OH excluding ortho intramolecular Hbond substituents is 1. The van der Waals surface area contributed by atoms with Crippen molar-refractivity contribution in [2.45, 2.75) is 43.5 Å². The van der Waals surface area contributed by atoms with Crippen molar-refractivity contribution in [3.8, 4) is 5.75 Å². The number of rotatable bonds is 8. The van der Waals surface area contributed by atoms with Gasteiger partial charge in [0.05, 0.1) is 0 Å². The van der Waals surface area contributed by atoms with Gasteiger partial charge in [0.25, 0.3) is 0 Å². The van der Waals surface area contributed by atoms with E-state index in [0.717, 1.165) is 12.0 Å². The Morgan fingerprint density at radius 3 is 2.46 bits per heavy atom. The average molecular weight is 377 g/mol. The number of carbonyl (C=O) groups is 3. The van der Waals surface area contributed by atoms with E-state index >= 15 is 0 Å². The average Bonchev–Trinajstić information content (AvgIpc) is 3.08. The zero-order chi connectivity index (χ0) is 19.1. The number of thioether (sulfide) groups is 1. The highest BCUT2D eigenvalue weighted by atomic mass is 32.2. The molecule has 1 aliphatic heterocycles. The molecule has 0 aliphatic carbocycles. The second-order valence-electron chi connectivity index (χ2n) is 6.19. The number of amides is 3. The summed E-state index contributed by atoms with van der Waals surface area (Å²) in [6, 6.07) is 4.68. The molecule has 1 unspecified atom stereocenters. The van der Waals surface area contributed by atoms with Crippen LogP contribution in [0, 0.1) is 0 Å². The number of primary amides is 1. The minimum atomic E-state index is -0.905. The molecule has 1 aromatic rings. The molecule has 5 N–H and O–H groups in total. The van der Waals surface area contributed by atoms with Crippen LogP contribution in [-0.4, -0.2) is 40.2 Å². The van der Waals surface area contributed by atoms with Gasteiger partial charge in [-0.1, -0.05) is 18.2 Å². The molecule has 8 heteroatoms. The number of hydrogen-bond donors (Lipinski definition) is 4. The zero-order valence-electron chi connectivity index (χ0n) is 14.5. The van der Waals surface area contributed by atoms with Gasteiger partial charge in [-0.05, 0) is 35.9 Å². The van der Waals surface area contributed by atoms with Gasteiger partial charge in [-0.2, -0.15) is 0 Å². The van der Waals surface area contributed by atoms with Gasteiger partial charge in [-0.15, -0.1) is 11.8 Å². The molecule has 1 aliphatic rings. The molecule has 0 saturated heterocycles. The highest BCUT2D eigenvalue weighted by molar-refractivity contribution is 8.03. The Kier molecular flexibility index (Phi) is 7.08. The number of nitrogens with two attached hydrogens (primary N) is 1. The van der Waals surface area contributed by atoms with E-state index in [0.29, 0.717) is 6.42 Å². The van der Waals surface area contributed by atoms with Crippen molar-refractivity contribution >= 4 is 29.5 Å². The number of allylic oxidation sites excluding steroid dienone is 1. The van der Waals surface area contributed by atoms with E-state index in [4.69, 9.17) is 5.73 Å². The molecule has 0 bridgehead atoms. The summed E-state index contributed by atoms with van der Waals surface area (Å²) in [5, 5.41) is 16.8. The van der Waals surface area contributed by atoms with Crippen molar-refractivity contribution < 1.29 is 19.5 Å². The predicted octanol–water partition coefficient (Wildman–Crippen LogP) is 0.819. The van der Waals surface area contributed by atoms with Crippen LogP contribution in [0.4, 0.5) is 0 Å². The third-order valence-electron chi connectivity index (χ3n) is 3.99. The fourth-order valence-corrected chi connectivity index (χ4v) is 3.65. The lowest BCUT2D eigenvalue weighted by Gasteiger charge is -2.23. The maximum Gasteiger partial charge on any atom is 0.243 e. The summed E-state index contributed by atoms with van der Waals surface area (Å²) in [4.78, 5) is 35.8. The van der Waals surface area contributed by atoms with Crippen molar-refractivity contribution in [1.82, 2.24) is 10.6 Å². The van der Waals surface area contributed by atoms with E-state index in [1.165, 1.54) is 19.1 Å². The number of nitrogens with one attached hydrogen (secondary N) is 2. The molecule has 0 saturated carbocycles. The Balaban J connectivity index is 2.03. The number of benzene rings is 1. The summed E-state index contributed by atoms with van der Waals surface area (Å²) < 4.78 is 0. The maximum atomic E-state index is 12.6. The van der Waals surface area contributed by atoms with Gasteiger partial charge in [0.15, 0.2) is 0 Å². The molecule has 3 atom stereocenters. The highest BCUT2D eigenvalue weighted by Crippen LogP contribution is 2.27. The molecule has 0 aromatic heterocycles. The lowest BCUT2D eigenvalue weighted by molar-refractivity contribution is -0.131. The monoisotopic (exact) mass is 377 g/mol. The summed E-state index contributed by atoms with van der Waals surface area (Å²) in [5.74, 6) is -1.29. The SMILES string of the molecule is CC(=O)N[C@@H](CC1CC=CS1)C(=O)N[C@@H](Cc1ccc(O)cc1)C(N)=O. The third-order valence-corrected chi connectivity index (χ3v) is 5.11. The Labute approximate surface area is 156 Å². The van der Waals surface area contributed by atoms with Crippen molar-refractivity contribution in [3.63, 3.8) is 0 Å². The van der Waals surface area contributed by atoms with E-state index in [1.54, 1.807) is 23.9 Å². The lowest BCUT2D eigenvalue weighted by atomic mass is 10.0. The number of hydrogen-bond acceptors (Lipinski definition) is 5. The molecule has 3 amide bonds. The molecular weight excluding hydrogens is 354 g/mol. The van der Waals surface area contributed by atoms with Crippen molar-refractivity contribution in [3.05, 3.63) is 41.3 Å². The molecule has 0 fully saturated rings. The fraction of sp³-hybridized carbons (Fsp3) is 0.389. The summed E-state index contributed by atoms with van der Waals surface area (Å²) in [5.41, 5.74) is 6.17.